The number of amides is 1. The zero-order valence-electron chi connectivity index (χ0n) is 12.9. The highest BCUT2D eigenvalue weighted by Gasteiger charge is 2.14. The van der Waals surface area contributed by atoms with Gasteiger partial charge in [-0.2, -0.15) is 0 Å². The molecular formula is C18H22N2O. The standard InChI is InChI=1S/C18H22N2O/c1-4-13-8-6-9-14(5-2)17(13)20-18(21)15-10-7-11-16(19)12(15)3/h6-11H,4-5,19H2,1-3H3,(H,20,21). The molecule has 3 nitrogen and oxygen atoms in total. The summed E-state index contributed by atoms with van der Waals surface area (Å²) in [6.07, 6.45) is 1.78. The van der Waals surface area contributed by atoms with Crippen LogP contribution in [0.1, 0.15) is 40.9 Å². The third kappa shape index (κ3) is 3.07. The van der Waals surface area contributed by atoms with Gasteiger partial charge in [-0.1, -0.05) is 38.1 Å². The Balaban J connectivity index is 2.38. The van der Waals surface area contributed by atoms with Gasteiger partial charge >= 0.3 is 0 Å². The zero-order chi connectivity index (χ0) is 15.4. The van der Waals surface area contributed by atoms with Gasteiger partial charge in [-0.25, -0.2) is 0 Å². The van der Waals surface area contributed by atoms with E-state index >= 15 is 0 Å². The van der Waals surface area contributed by atoms with E-state index in [-0.39, 0.29) is 5.91 Å². The largest absolute Gasteiger partial charge is 0.398 e. The number of carbonyl (C=O) groups excluding carboxylic acids is 1. The maximum Gasteiger partial charge on any atom is 0.256 e. The van der Waals surface area contributed by atoms with Gasteiger partial charge in [0.05, 0.1) is 0 Å². The Morgan fingerprint density at radius 3 is 2.19 bits per heavy atom. The monoisotopic (exact) mass is 282 g/mol. The van der Waals surface area contributed by atoms with Crippen LogP contribution in [0.5, 0.6) is 0 Å². The van der Waals surface area contributed by atoms with E-state index in [4.69, 9.17) is 5.73 Å². The SMILES string of the molecule is CCc1cccc(CC)c1NC(=O)c1cccc(N)c1C. The van der Waals surface area contributed by atoms with Crippen molar-refractivity contribution in [2.45, 2.75) is 33.6 Å². The highest BCUT2D eigenvalue weighted by molar-refractivity contribution is 6.06. The molecule has 0 unspecified atom stereocenters. The van der Waals surface area contributed by atoms with E-state index in [2.05, 4.69) is 31.3 Å². The van der Waals surface area contributed by atoms with Crippen LogP contribution in [-0.4, -0.2) is 5.91 Å². The minimum atomic E-state index is -0.101. The average Bonchev–Trinajstić information content (AvgIpc) is 2.50. The predicted octanol–water partition coefficient (Wildman–Crippen LogP) is 3.95. The molecule has 2 aromatic carbocycles. The van der Waals surface area contributed by atoms with E-state index in [1.807, 2.05) is 25.1 Å². The second kappa shape index (κ2) is 6.44. The lowest BCUT2D eigenvalue weighted by Crippen LogP contribution is -2.16. The summed E-state index contributed by atoms with van der Waals surface area (Å²) in [6, 6.07) is 11.6. The molecule has 21 heavy (non-hydrogen) atoms. The number of nitrogen functional groups attached to an aromatic ring is 1. The van der Waals surface area contributed by atoms with Crippen LogP contribution >= 0.6 is 0 Å². The minimum absolute atomic E-state index is 0.101. The summed E-state index contributed by atoms with van der Waals surface area (Å²) in [4.78, 5) is 12.6. The molecule has 0 spiro atoms. The van der Waals surface area contributed by atoms with Crippen molar-refractivity contribution in [1.82, 2.24) is 0 Å². The molecule has 3 heteroatoms. The molecule has 1 amide bonds. The van der Waals surface area contributed by atoms with Crippen molar-refractivity contribution < 1.29 is 4.79 Å². The van der Waals surface area contributed by atoms with Gasteiger partial charge in [0.1, 0.15) is 0 Å². The number of rotatable bonds is 4. The van der Waals surface area contributed by atoms with E-state index in [9.17, 15) is 4.79 Å². The lowest BCUT2D eigenvalue weighted by atomic mass is 10.0. The van der Waals surface area contributed by atoms with Crippen LogP contribution in [0.15, 0.2) is 36.4 Å². The molecule has 0 radical (unpaired) electrons. The number of nitrogens with one attached hydrogen (secondary N) is 1. The van der Waals surface area contributed by atoms with E-state index in [1.165, 1.54) is 0 Å². The quantitative estimate of drug-likeness (QED) is 0.834. The fourth-order valence-electron chi connectivity index (χ4n) is 2.48. The Bertz CT molecular complexity index is 640. The Hall–Kier alpha value is -2.29. The van der Waals surface area contributed by atoms with Crippen LogP contribution in [0.2, 0.25) is 0 Å². The van der Waals surface area contributed by atoms with Crippen molar-refractivity contribution in [3.63, 3.8) is 0 Å². The molecule has 0 fully saturated rings. The topological polar surface area (TPSA) is 55.1 Å². The molecule has 2 rings (SSSR count). The first-order valence-electron chi connectivity index (χ1n) is 7.35. The normalized spacial score (nSPS) is 10.4. The highest BCUT2D eigenvalue weighted by atomic mass is 16.1. The number of aryl methyl sites for hydroxylation is 2. The summed E-state index contributed by atoms with van der Waals surface area (Å²) in [5.74, 6) is -0.101. The fraction of sp³-hybridized carbons (Fsp3) is 0.278. The summed E-state index contributed by atoms with van der Waals surface area (Å²) in [7, 11) is 0. The van der Waals surface area contributed by atoms with E-state index in [1.54, 1.807) is 6.07 Å². The first-order chi connectivity index (χ1) is 10.1. The van der Waals surface area contributed by atoms with Crippen molar-refractivity contribution in [2.24, 2.45) is 0 Å². The smallest absolute Gasteiger partial charge is 0.256 e. The van der Waals surface area contributed by atoms with Gasteiger partial charge in [0.2, 0.25) is 0 Å². The van der Waals surface area contributed by atoms with E-state index < -0.39 is 0 Å². The van der Waals surface area contributed by atoms with Gasteiger partial charge in [-0.15, -0.1) is 0 Å². The molecule has 0 heterocycles. The number of benzene rings is 2. The number of carbonyl (C=O) groups is 1. The third-order valence-corrected chi connectivity index (χ3v) is 3.86. The maximum absolute atomic E-state index is 12.6. The van der Waals surface area contributed by atoms with E-state index in [0.29, 0.717) is 11.3 Å². The lowest BCUT2D eigenvalue weighted by molar-refractivity contribution is 0.102. The van der Waals surface area contributed by atoms with Gasteiger partial charge in [0.15, 0.2) is 0 Å². The van der Waals surface area contributed by atoms with Crippen LogP contribution in [0.3, 0.4) is 0 Å². The van der Waals surface area contributed by atoms with Gasteiger partial charge in [0, 0.05) is 16.9 Å². The zero-order valence-corrected chi connectivity index (χ0v) is 12.9. The average molecular weight is 282 g/mol. The van der Waals surface area contributed by atoms with Crippen LogP contribution in [0.4, 0.5) is 11.4 Å². The van der Waals surface area contributed by atoms with Crippen molar-refractivity contribution in [1.29, 1.82) is 0 Å². The van der Waals surface area contributed by atoms with Gasteiger partial charge in [-0.05, 0) is 48.6 Å². The van der Waals surface area contributed by atoms with Crippen molar-refractivity contribution in [3.05, 3.63) is 58.7 Å². The fourth-order valence-corrected chi connectivity index (χ4v) is 2.48. The lowest BCUT2D eigenvalue weighted by Gasteiger charge is -2.15. The van der Waals surface area contributed by atoms with Crippen LogP contribution < -0.4 is 11.1 Å². The van der Waals surface area contributed by atoms with Gasteiger partial charge < -0.3 is 11.1 Å². The number of hydrogen-bond donors (Lipinski definition) is 2. The van der Waals surface area contributed by atoms with Crippen LogP contribution in [-0.2, 0) is 12.8 Å². The van der Waals surface area contributed by atoms with Crippen molar-refractivity contribution >= 4 is 17.3 Å². The molecule has 0 saturated carbocycles. The molecular weight excluding hydrogens is 260 g/mol. The molecule has 0 atom stereocenters. The van der Waals surface area contributed by atoms with Crippen LogP contribution in [0.25, 0.3) is 0 Å². The molecule has 0 saturated heterocycles. The molecule has 3 N–H and O–H groups in total. The van der Waals surface area contributed by atoms with Crippen molar-refractivity contribution in [2.75, 3.05) is 11.1 Å². The number of hydrogen-bond acceptors (Lipinski definition) is 2. The summed E-state index contributed by atoms with van der Waals surface area (Å²) in [6.45, 7) is 6.06. The summed E-state index contributed by atoms with van der Waals surface area (Å²) in [5.41, 5.74) is 11.2. The molecule has 0 aromatic heterocycles. The second-order valence-electron chi connectivity index (χ2n) is 5.13. The highest BCUT2D eigenvalue weighted by Crippen LogP contribution is 2.24. The van der Waals surface area contributed by atoms with Gasteiger partial charge in [0.25, 0.3) is 5.91 Å². The Morgan fingerprint density at radius 1 is 1.05 bits per heavy atom. The molecule has 0 aliphatic rings. The Morgan fingerprint density at radius 2 is 1.62 bits per heavy atom. The number of anilines is 2. The minimum Gasteiger partial charge on any atom is -0.398 e. The summed E-state index contributed by atoms with van der Waals surface area (Å²) in [5, 5.41) is 3.07. The second-order valence-corrected chi connectivity index (χ2v) is 5.13. The summed E-state index contributed by atoms with van der Waals surface area (Å²) < 4.78 is 0. The number of nitrogens with two attached hydrogens (primary N) is 1. The summed E-state index contributed by atoms with van der Waals surface area (Å²) >= 11 is 0. The molecule has 0 bridgehead atoms. The van der Waals surface area contributed by atoms with Gasteiger partial charge in [-0.3, -0.25) is 4.79 Å². The maximum atomic E-state index is 12.6. The number of para-hydroxylation sites is 1. The molecule has 2 aromatic rings. The predicted molar refractivity (Wildman–Crippen MR) is 88.7 cm³/mol. The Kier molecular flexibility index (Phi) is 4.63. The molecule has 110 valence electrons. The molecule has 0 aliphatic carbocycles. The third-order valence-electron chi connectivity index (χ3n) is 3.86. The van der Waals surface area contributed by atoms with Crippen molar-refractivity contribution in [3.8, 4) is 0 Å². The first-order valence-corrected chi connectivity index (χ1v) is 7.35. The van der Waals surface area contributed by atoms with Crippen LogP contribution in [0, 0.1) is 6.92 Å². The molecule has 0 aliphatic heterocycles. The Labute approximate surface area is 126 Å². The first kappa shape index (κ1) is 15.1. The van der Waals surface area contributed by atoms with E-state index in [0.717, 1.165) is 35.2 Å².